The van der Waals surface area contributed by atoms with Gasteiger partial charge in [-0.2, -0.15) is 0 Å². The van der Waals surface area contributed by atoms with Crippen LogP contribution in [0, 0.1) is 23.7 Å². The van der Waals surface area contributed by atoms with Crippen LogP contribution in [-0.2, 0) is 4.74 Å². The summed E-state index contributed by atoms with van der Waals surface area (Å²) in [6.45, 7) is 5.95. The van der Waals surface area contributed by atoms with Crippen LogP contribution in [0.3, 0.4) is 0 Å². The van der Waals surface area contributed by atoms with Crippen molar-refractivity contribution in [3.63, 3.8) is 0 Å². The zero-order valence-electron chi connectivity index (χ0n) is 19.0. The van der Waals surface area contributed by atoms with Crippen LogP contribution in [0.25, 0.3) is 0 Å². The molecule has 0 spiro atoms. The molecule has 1 aliphatic carbocycles. The minimum Gasteiger partial charge on any atom is -0.378 e. The summed E-state index contributed by atoms with van der Waals surface area (Å²) in [5.74, 6) is 0.348. The minimum absolute atomic E-state index is 0.0188. The first-order chi connectivity index (χ1) is 15.4. The predicted octanol–water partition coefficient (Wildman–Crippen LogP) is 3.42. The highest BCUT2D eigenvalue weighted by atomic mass is 35.5. The highest BCUT2D eigenvalue weighted by Crippen LogP contribution is 2.43. The lowest BCUT2D eigenvalue weighted by Crippen LogP contribution is -2.76. The number of urea groups is 1. The fraction of sp³-hybridized carbons (Fsp3) is 0.957. The Morgan fingerprint density at radius 2 is 2.00 bits per heavy atom. The van der Waals surface area contributed by atoms with Gasteiger partial charge >= 0.3 is 6.03 Å². The molecular weight excluding hydrogens is 454 g/mol. The Balaban J connectivity index is 1.57. The van der Waals surface area contributed by atoms with Gasteiger partial charge in [-0.1, -0.05) is 25.4 Å². The summed E-state index contributed by atoms with van der Waals surface area (Å²) in [6, 6.07) is -0.184. The number of carbonyl (C=O) groups excluding carboxylic acids is 1. The zero-order chi connectivity index (χ0) is 22.6. The Hall–Kier alpha value is -0.340. The fourth-order valence-corrected chi connectivity index (χ4v) is 7.92. The maximum absolute atomic E-state index is 15.3. The summed E-state index contributed by atoms with van der Waals surface area (Å²) in [4.78, 5) is 15.5. The van der Waals surface area contributed by atoms with Crippen molar-refractivity contribution < 1.29 is 13.9 Å². The first-order valence-corrected chi connectivity index (χ1v) is 13.4. The van der Waals surface area contributed by atoms with Crippen molar-refractivity contribution in [1.82, 2.24) is 20.9 Å². The average Bonchev–Trinajstić information content (AvgIpc) is 2.77. The van der Waals surface area contributed by atoms with Crippen molar-refractivity contribution in [2.75, 3.05) is 13.2 Å². The molecule has 9 heteroatoms. The number of hydrogen-bond acceptors (Lipinski definition) is 4. The van der Waals surface area contributed by atoms with Gasteiger partial charge in [0.25, 0.3) is 0 Å². The first-order valence-electron chi connectivity index (χ1n) is 12.5. The van der Waals surface area contributed by atoms with Gasteiger partial charge < -0.3 is 20.3 Å². The van der Waals surface area contributed by atoms with E-state index in [2.05, 4.69) is 29.8 Å². The number of nitrogens with zero attached hydrogens (tertiary/aromatic N) is 1. The Bertz CT molecular complexity index is 703. The molecule has 0 radical (unpaired) electrons. The molecule has 5 rings (SSSR count). The van der Waals surface area contributed by atoms with E-state index in [4.69, 9.17) is 27.9 Å². The molecule has 5 fully saturated rings. The number of hydrogen-bond donors (Lipinski definition) is 3. The molecule has 1 saturated carbocycles. The number of alkyl halides is 3. The van der Waals surface area contributed by atoms with E-state index in [0.717, 1.165) is 32.2 Å². The van der Waals surface area contributed by atoms with E-state index in [9.17, 15) is 4.79 Å². The van der Waals surface area contributed by atoms with Crippen LogP contribution in [0.4, 0.5) is 9.18 Å². The normalized spacial score (nSPS) is 49.5. The van der Waals surface area contributed by atoms with Gasteiger partial charge in [0.1, 0.15) is 11.7 Å². The predicted molar refractivity (Wildman–Crippen MR) is 124 cm³/mol. The van der Waals surface area contributed by atoms with E-state index in [-0.39, 0.29) is 53.6 Å². The van der Waals surface area contributed by atoms with Crippen LogP contribution in [0.5, 0.6) is 0 Å². The maximum atomic E-state index is 15.3. The number of ether oxygens (including phenoxy) is 1. The molecule has 32 heavy (non-hydrogen) atoms. The monoisotopic (exact) mass is 490 g/mol. The van der Waals surface area contributed by atoms with Gasteiger partial charge in [-0.3, -0.25) is 5.32 Å². The molecule has 6 nitrogen and oxygen atoms in total. The second-order valence-corrected chi connectivity index (χ2v) is 11.8. The lowest BCUT2D eigenvalue weighted by atomic mass is 9.74. The van der Waals surface area contributed by atoms with Crippen LogP contribution in [0.15, 0.2) is 0 Å². The molecule has 5 aliphatic rings. The van der Waals surface area contributed by atoms with E-state index in [1.165, 1.54) is 0 Å². The molecule has 3 N–H and O–H groups in total. The number of fused-ring (bicyclic) bond motifs is 5. The van der Waals surface area contributed by atoms with Crippen molar-refractivity contribution in [2.24, 2.45) is 23.7 Å². The lowest BCUT2D eigenvalue weighted by molar-refractivity contribution is -0.0665. The number of nitrogens with one attached hydrogen (secondary N) is 3. The quantitative estimate of drug-likeness (QED) is 0.389. The highest BCUT2D eigenvalue weighted by Gasteiger charge is 2.55. The second-order valence-electron chi connectivity index (χ2n) is 10.8. The van der Waals surface area contributed by atoms with Crippen molar-refractivity contribution in [3.8, 4) is 0 Å². The molecule has 4 aliphatic heterocycles. The number of halogens is 3. The van der Waals surface area contributed by atoms with Crippen LogP contribution in [-0.4, -0.2) is 71.5 Å². The Kier molecular flexibility index (Phi) is 6.85. The molecule has 2 bridgehead atoms. The first kappa shape index (κ1) is 23.4. The number of rotatable bonds is 1. The van der Waals surface area contributed by atoms with E-state index in [0.29, 0.717) is 31.3 Å². The van der Waals surface area contributed by atoms with Gasteiger partial charge in [0.15, 0.2) is 0 Å². The standard InChI is InChI=1S/C23H37Cl2FN4O2/c1-11(2)18-20-12(6-8-27-18)7-9-32-16-5-3-4-15(26)17(16)19-14(24)10-13-21(25)29-23(31)30(20)22(13)28-19/h11-22,27-28H,3-10H2,1-2H3,(H,29,31). The highest BCUT2D eigenvalue weighted by molar-refractivity contribution is 6.22. The Morgan fingerprint density at radius 3 is 2.78 bits per heavy atom. The Morgan fingerprint density at radius 1 is 1.19 bits per heavy atom. The lowest BCUT2D eigenvalue weighted by Gasteiger charge is -2.57. The largest absolute Gasteiger partial charge is 0.378 e. The zero-order valence-corrected chi connectivity index (χ0v) is 20.5. The molecule has 2 amide bonds. The summed E-state index contributed by atoms with van der Waals surface area (Å²) in [5.41, 5.74) is -0.490. The number of carbonyl (C=O) groups is 1. The summed E-state index contributed by atoms with van der Waals surface area (Å²) in [6.07, 6.45) is 3.43. The summed E-state index contributed by atoms with van der Waals surface area (Å²) >= 11 is 13.6. The molecule has 11 atom stereocenters. The SMILES string of the molecule is CC(C)C1NCCC2CCOC3CCCC(F)C3C3NC4C(CC3Cl)C(Cl)NC(=O)N4C21. The maximum Gasteiger partial charge on any atom is 0.320 e. The van der Waals surface area contributed by atoms with Gasteiger partial charge in [-0.25, -0.2) is 9.18 Å². The third kappa shape index (κ3) is 4.04. The molecular formula is C23H37Cl2FN4O2. The van der Waals surface area contributed by atoms with Gasteiger partial charge in [-0.15, -0.1) is 11.6 Å². The molecule has 4 saturated heterocycles. The van der Waals surface area contributed by atoms with Gasteiger partial charge in [0.05, 0.1) is 18.3 Å². The molecule has 182 valence electrons. The van der Waals surface area contributed by atoms with E-state index < -0.39 is 11.7 Å². The summed E-state index contributed by atoms with van der Waals surface area (Å²) in [7, 11) is 0. The summed E-state index contributed by atoms with van der Waals surface area (Å²) in [5, 5.41) is 10.1. The third-order valence-corrected chi connectivity index (χ3v) is 9.55. The van der Waals surface area contributed by atoms with Crippen LogP contribution < -0.4 is 16.0 Å². The number of amides is 2. The average molecular weight is 491 g/mol. The topological polar surface area (TPSA) is 65.6 Å². The van der Waals surface area contributed by atoms with Crippen molar-refractivity contribution in [1.29, 1.82) is 0 Å². The van der Waals surface area contributed by atoms with Gasteiger partial charge in [-0.05, 0) is 56.9 Å². The molecule has 4 heterocycles. The molecule has 0 aromatic heterocycles. The van der Waals surface area contributed by atoms with Crippen molar-refractivity contribution in [3.05, 3.63) is 0 Å². The smallest absolute Gasteiger partial charge is 0.320 e. The van der Waals surface area contributed by atoms with E-state index >= 15 is 4.39 Å². The second kappa shape index (κ2) is 9.37. The molecule has 0 aromatic carbocycles. The third-order valence-electron chi connectivity index (χ3n) is 8.66. The van der Waals surface area contributed by atoms with Crippen LogP contribution >= 0.6 is 23.2 Å². The fourth-order valence-electron chi connectivity index (χ4n) is 7.14. The van der Waals surface area contributed by atoms with Gasteiger partial charge in [0.2, 0.25) is 0 Å². The summed E-state index contributed by atoms with van der Waals surface area (Å²) < 4.78 is 21.7. The van der Waals surface area contributed by atoms with Crippen LogP contribution in [0.1, 0.15) is 52.4 Å². The van der Waals surface area contributed by atoms with Crippen LogP contribution in [0.2, 0.25) is 0 Å². The Labute approximate surface area is 200 Å². The molecule has 0 aromatic rings. The van der Waals surface area contributed by atoms with Crippen molar-refractivity contribution in [2.45, 2.75) is 99.8 Å². The molecule has 11 unspecified atom stereocenters. The van der Waals surface area contributed by atoms with Gasteiger partial charge in [0, 0.05) is 35.9 Å². The van der Waals surface area contributed by atoms with Crippen molar-refractivity contribution >= 4 is 29.2 Å². The minimum atomic E-state index is -0.949. The van der Waals surface area contributed by atoms with E-state index in [1.54, 1.807) is 0 Å². The van der Waals surface area contributed by atoms with E-state index in [1.807, 2.05) is 4.90 Å². The number of piperidine rings is 2.